The summed E-state index contributed by atoms with van der Waals surface area (Å²) in [4.78, 5) is 45.5. The summed E-state index contributed by atoms with van der Waals surface area (Å²) in [6.45, 7) is 11.2. The van der Waals surface area contributed by atoms with Crippen LogP contribution in [0.3, 0.4) is 0 Å². The van der Waals surface area contributed by atoms with Gasteiger partial charge in [-0.3, -0.25) is 4.79 Å². The Morgan fingerprint density at radius 2 is 1.34 bits per heavy atom. The number of esters is 1. The van der Waals surface area contributed by atoms with Gasteiger partial charge in [0.05, 0.1) is 148 Å². The van der Waals surface area contributed by atoms with Gasteiger partial charge in [0.15, 0.2) is 25.7 Å². The van der Waals surface area contributed by atoms with Crippen LogP contribution < -0.4 is 14.8 Å². The van der Waals surface area contributed by atoms with Crippen molar-refractivity contribution in [2.45, 2.75) is 77.8 Å². The molecule has 3 heterocycles. The van der Waals surface area contributed by atoms with E-state index in [1.54, 1.807) is 30.9 Å². The van der Waals surface area contributed by atoms with Crippen molar-refractivity contribution < 1.29 is 89.9 Å². The Balaban J connectivity index is 0.00000132. The van der Waals surface area contributed by atoms with Gasteiger partial charge in [-0.25, -0.2) is 22.5 Å². The number of benzene rings is 2. The number of hydrogen-bond acceptors (Lipinski definition) is 22. The molecule has 1 aliphatic carbocycles. The summed E-state index contributed by atoms with van der Waals surface area (Å²) >= 11 is 6.28. The minimum Gasteiger partial charge on any atom is -0.491 e. The van der Waals surface area contributed by atoms with E-state index in [9.17, 15) is 18.0 Å². The maximum absolute atomic E-state index is 13.6. The first-order valence-corrected chi connectivity index (χ1v) is 30.3. The van der Waals surface area contributed by atoms with Crippen molar-refractivity contribution in [3.63, 3.8) is 0 Å². The lowest BCUT2D eigenvalue weighted by molar-refractivity contribution is -0.136. The van der Waals surface area contributed by atoms with E-state index in [1.165, 1.54) is 19.3 Å². The van der Waals surface area contributed by atoms with E-state index in [-0.39, 0.29) is 43.5 Å². The molecule has 2 atom stereocenters. The zero-order chi connectivity index (χ0) is 59.6. The molecule has 0 bridgehead atoms. The van der Waals surface area contributed by atoms with Crippen LogP contribution in [-0.4, -0.2) is 199 Å². The number of anilines is 1. The molecule has 0 aliphatic heterocycles. The Morgan fingerprint density at radius 3 is 1.89 bits per heavy atom. The summed E-state index contributed by atoms with van der Waals surface area (Å²) in [6.07, 6.45) is 9.68. The highest BCUT2D eigenvalue weighted by molar-refractivity contribution is 7.65. The fourth-order valence-electron chi connectivity index (χ4n) is 6.53. The molecule has 82 heavy (non-hydrogen) atoms. The fourth-order valence-corrected chi connectivity index (χ4v) is 8.16. The topological polar surface area (TPSA) is 286 Å². The van der Waals surface area contributed by atoms with Gasteiger partial charge in [0, 0.05) is 47.6 Å². The number of aryl methyl sites for hydroxylation is 1. The normalized spacial score (nSPS) is 12.5. The van der Waals surface area contributed by atoms with Crippen LogP contribution in [0.25, 0.3) is 11.0 Å². The lowest BCUT2D eigenvalue weighted by Crippen LogP contribution is -2.15. The average molecular weight is 1230 g/mol. The number of fused-ring (bicyclic) bond motifs is 1. The molecule has 3 aromatic heterocycles. The first-order valence-electron chi connectivity index (χ1n) is 26.6. The quantitative estimate of drug-likeness (QED) is 0.00899. The van der Waals surface area contributed by atoms with Gasteiger partial charge in [-0.1, -0.05) is 43.5 Å². The van der Waals surface area contributed by atoms with E-state index in [0.29, 0.717) is 141 Å². The number of aromatic nitrogens is 7. The number of carbonyl (C=O) groups is 1. The van der Waals surface area contributed by atoms with Crippen molar-refractivity contribution in [3.8, 4) is 11.5 Å². The average Bonchev–Trinajstić information content (AvgIpc) is 4.15. The first-order chi connectivity index (χ1) is 39.8. The third-order valence-corrected chi connectivity index (χ3v) is 13.4. The van der Waals surface area contributed by atoms with Gasteiger partial charge < -0.3 is 77.2 Å². The van der Waals surface area contributed by atoms with Crippen LogP contribution in [0.5, 0.6) is 11.5 Å². The summed E-state index contributed by atoms with van der Waals surface area (Å²) in [7, 11) is -0.255. The Morgan fingerprint density at radius 1 is 0.768 bits per heavy atom. The van der Waals surface area contributed by atoms with Crippen LogP contribution in [0, 0.1) is 17.5 Å². The summed E-state index contributed by atoms with van der Waals surface area (Å²) in [6, 6.07) is 8.65. The molecule has 462 valence electrons. The molecule has 5 aromatic rings. The van der Waals surface area contributed by atoms with Crippen LogP contribution in [0.15, 0.2) is 48.8 Å². The number of methoxy groups -OCH3 is 1. The highest BCUT2D eigenvalue weighted by Gasteiger charge is 2.18. The molecule has 0 radical (unpaired) electrons. The van der Waals surface area contributed by atoms with E-state index in [4.69, 9.17) is 78.8 Å². The number of nitrogens with one attached hydrogen (secondary N) is 1. The van der Waals surface area contributed by atoms with Crippen LogP contribution >= 0.6 is 28.1 Å². The molecule has 6 rings (SSSR count). The van der Waals surface area contributed by atoms with Crippen LogP contribution in [0.2, 0.25) is 5.28 Å². The molecule has 1 aliphatic rings. The molecule has 0 amide bonds. The van der Waals surface area contributed by atoms with Gasteiger partial charge in [0.2, 0.25) is 11.0 Å². The number of carbonyl (C=O) groups excluding carboxylic acids is 1. The number of aliphatic hydroxyl groups excluding tert-OH is 1. The van der Waals surface area contributed by atoms with E-state index in [0.717, 1.165) is 36.7 Å². The minimum atomic E-state index is -1.86. The molecule has 1 fully saturated rings. The van der Waals surface area contributed by atoms with E-state index in [2.05, 4.69) is 42.4 Å². The predicted molar refractivity (Wildman–Crippen MR) is 301 cm³/mol. The standard InChI is InChI=1S/C46H62ClF3N8O12.C3H6.C2H8O3P2.CH4O/c1-3-37(60-2)7-9-58-45-39(31-52-58)44(53-46(47)54-45)51-30-34-5-4-6-38(27-34)69-26-25-67-22-21-65-19-20-66-23-24-68-33-36-32-57(56-55-36)10-12-62-14-16-64-18-17-63-15-13-61-11-8-42(59)70-43-40(49)28-35(48)29-41(43)50;1-2-3-1;1-6(3)2-7(4)5;1-2/h4-6,27-29,31-32,37H,3,7-26,30,33H2,1-2H3,(H,51,53,54);1-3H2;3-5H,2H2,1H3;2H,1H3. The summed E-state index contributed by atoms with van der Waals surface area (Å²) in [5.74, 6) is -4.10. The third-order valence-electron chi connectivity index (χ3n) is 10.6. The Labute approximate surface area is 483 Å². The van der Waals surface area contributed by atoms with Gasteiger partial charge >= 0.3 is 5.97 Å². The number of aliphatic hydroxyl groups is 1. The van der Waals surface area contributed by atoms with Crippen molar-refractivity contribution in [1.29, 1.82) is 0 Å². The number of rotatable bonds is 41. The second-order valence-corrected chi connectivity index (χ2v) is 20.8. The largest absolute Gasteiger partial charge is 0.491 e. The number of nitrogens with zero attached hydrogens (tertiary/aromatic N) is 7. The smallest absolute Gasteiger partial charge is 0.313 e. The number of ether oxygens (including phenoxy) is 11. The molecule has 0 spiro atoms. The molecule has 0 saturated heterocycles. The maximum atomic E-state index is 13.6. The van der Waals surface area contributed by atoms with Gasteiger partial charge in [-0.05, 0) is 48.8 Å². The van der Waals surface area contributed by atoms with Crippen molar-refractivity contribution in [1.82, 2.24) is 34.7 Å². The second-order valence-electron chi connectivity index (χ2n) is 17.3. The number of halogens is 4. The van der Waals surface area contributed by atoms with Gasteiger partial charge in [-0.15, -0.1) is 5.10 Å². The molecule has 1 saturated carbocycles. The molecule has 5 N–H and O–H groups in total. The molecule has 2 unspecified atom stereocenters. The SMILES string of the molecule is C1CC1.CCC(CCn1ncc2c(NCc3cccc(OCCOCCOCCOCCOCc4cn(CCOCCOCCOCCOCCC(=O)Oc5c(F)cc(F)cc5F)nn4)c3)nc(Cl)nc21)OC.CO.CP(O)CP(O)O. The Bertz CT molecular complexity index is 2420. The molecular formula is C52H80ClF3N8O16P2. The molecular weight excluding hydrogens is 1150 g/mol. The fraction of sp³-hybridized carbons (Fsp3) is 0.615. The molecule has 2 aromatic carbocycles. The molecule has 24 nitrogen and oxygen atoms in total. The lowest BCUT2D eigenvalue weighted by Gasteiger charge is -2.13. The van der Waals surface area contributed by atoms with Gasteiger partial charge in [0.25, 0.3) is 0 Å². The van der Waals surface area contributed by atoms with Crippen LogP contribution in [0.1, 0.15) is 56.7 Å². The van der Waals surface area contributed by atoms with Crippen molar-refractivity contribution >= 4 is 50.9 Å². The lowest BCUT2D eigenvalue weighted by atomic mass is 10.2. The maximum Gasteiger partial charge on any atom is 0.313 e. The zero-order valence-electron chi connectivity index (χ0n) is 47.0. The summed E-state index contributed by atoms with van der Waals surface area (Å²) in [5, 5.41) is 24.0. The predicted octanol–water partition coefficient (Wildman–Crippen LogP) is 6.66. The van der Waals surface area contributed by atoms with Gasteiger partial charge in [0.1, 0.15) is 29.7 Å². The summed E-state index contributed by atoms with van der Waals surface area (Å²) < 4.78 is 104. The van der Waals surface area contributed by atoms with E-state index < -0.39 is 45.7 Å². The Hall–Kier alpha value is -4.38. The van der Waals surface area contributed by atoms with Crippen LogP contribution in [0.4, 0.5) is 19.0 Å². The van der Waals surface area contributed by atoms with Gasteiger partial charge in [-0.2, -0.15) is 15.1 Å². The molecule has 30 heteroatoms. The van der Waals surface area contributed by atoms with Crippen LogP contribution in [-0.2, 0) is 73.7 Å². The summed E-state index contributed by atoms with van der Waals surface area (Å²) in [5.41, 5.74) is 2.37. The van der Waals surface area contributed by atoms with Crippen molar-refractivity contribution in [3.05, 3.63) is 82.8 Å². The minimum absolute atomic E-state index is 0.0471. The number of hydrogen-bond donors (Lipinski definition) is 5. The monoisotopic (exact) mass is 1230 g/mol. The second kappa shape index (κ2) is 45.0. The zero-order valence-corrected chi connectivity index (χ0v) is 49.6. The third kappa shape index (κ3) is 33.2. The Kier molecular flexibility index (Phi) is 39.5. The highest BCUT2D eigenvalue weighted by Crippen LogP contribution is 2.39. The van der Waals surface area contributed by atoms with E-state index >= 15 is 0 Å². The van der Waals surface area contributed by atoms with Crippen molar-refractivity contribution in [2.75, 3.05) is 138 Å². The van der Waals surface area contributed by atoms with E-state index in [1.807, 2.05) is 28.9 Å². The first kappa shape index (κ1) is 71.9. The van der Waals surface area contributed by atoms with Crippen molar-refractivity contribution in [2.24, 2.45) is 0 Å². The highest BCUT2D eigenvalue weighted by atomic mass is 35.5.